The smallest absolute Gasteiger partial charge is 0.0355 e. The first kappa shape index (κ1) is 12.5. The minimum absolute atomic E-state index is 0.229. The van der Waals surface area contributed by atoms with Crippen LogP contribution in [0.25, 0.3) is 0 Å². The summed E-state index contributed by atoms with van der Waals surface area (Å²) in [5, 5.41) is 2.10. The molecule has 1 heterocycles. The van der Waals surface area contributed by atoms with E-state index in [-0.39, 0.29) is 6.04 Å². The van der Waals surface area contributed by atoms with Crippen LogP contribution in [0.3, 0.4) is 0 Å². The van der Waals surface area contributed by atoms with Crippen LogP contribution in [0, 0.1) is 0 Å². The first-order valence-corrected chi connectivity index (χ1v) is 7.17. The van der Waals surface area contributed by atoms with Gasteiger partial charge in [0.1, 0.15) is 0 Å². The van der Waals surface area contributed by atoms with Gasteiger partial charge in [-0.15, -0.1) is 0 Å². The summed E-state index contributed by atoms with van der Waals surface area (Å²) in [6.45, 7) is 8.85. The van der Waals surface area contributed by atoms with E-state index in [1.165, 1.54) is 11.3 Å². The van der Waals surface area contributed by atoms with Crippen molar-refractivity contribution in [3.8, 4) is 0 Å². The third kappa shape index (κ3) is 3.52. The van der Waals surface area contributed by atoms with E-state index in [1.807, 2.05) is 0 Å². The Balaban J connectivity index is 2.50. The third-order valence-corrected chi connectivity index (χ3v) is 6.07. The zero-order chi connectivity index (χ0) is 10.7. The molecule has 1 fully saturated rings. The van der Waals surface area contributed by atoms with Gasteiger partial charge in [-0.2, -0.15) is 23.5 Å². The summed E-state index contributed by atoms with van der Waals surface area (Å²) in [7, 11) is 0. The van der Waals surface area contributed by atoms with Gasteiger partial charge in [0.25, 0.3) is 0 Å². The van der Waals surface area contributed by atoms with Crippen LogP contribution < -0.4 is 5.73 Å². The molecule has 1 aliphatic rings. The van der Waals surface area contributed by atoms with Crippen molar-refractivity contribution in [2.45, 2.75) is 49.5 Å². The molecular weight excluding hydrogens is 210 g/mol. The molecule has 0 aromatic heterocycles. The lowest BCUT2D eigenvalue weighted by Gasteiger charge is -2.33. The number of hydrogen-bond donors (Lipinski definition) is 1. The summed E-state index contributed by atoms with van der Waals surface area (Å²) < 4.78 is 0. The largest absolute Gasteiger partial charge is 0.323 e. The molecule has 2 N–H and O–H groups in total. The van der Waals surface area contributed by atoms with Gasteiger partial charge in [-0.3, -0.25) is 0 Å². The lowest BCUT2D eigenvalue weighted by atomic mass is 10.1. The summed E-state index contributed by atoms with van der Waals surface area (Å²) >= 11 is 4.11. The van der Waals surface area contributed by atoms with Gasteiger partial charge in [-0.05, 0) is 13.8 Å². The van der Waals surface area contributed by atoms with Crippen LogP contribution in [0.1, 0.15) is 27.7 Å². The Kier molecular flexibility index (Phi) is 4.88. The van der Waals surface area contributed by atoms with Gasteiger partial charge >= 0.3 is 0 Å². The molecule has 1 rings (SSSR count). The minimum atomic E-state index is 0.229. The average molecular weight is 231 g/mol. The second-order valence-corrected chi connectivity index (χ2v) is 7.27. The molecule has 0 spiro atoms. The molecule has 3 heteroatoms. The predicted octanol–water partition coefficient (Wildman–Crippen LogP) is 2.91. The number of rotatable bonds is 2. The van der Waals surface area contributed by atoms with E-state index in [2.05, 4.69) is 57.3 Å². The van der Waals surface area contributed by atoms with Crippen molar-refractivity contribution in [3.05, 3.63) is 11.6 Å². The maximum absolute atomic E-state index is 6.15. The number of thioether (sulfide) groups is 2. The summed E-state index contributed by atoms with van der Waals surface area (Å²) in [4.78, 5) is 0. The standard InChI is InChI=1S/C11H21NS2/c1-7(2)5-10(12)11-6-13-8(3)9(4)14-11/h5,8-11H,6,12H2,1-4H3. The van der Waals surface area contributed by atoms with Gasteiger partial charge in [0.15, 0.2) is 0 Å². The quantitative estimate of drug-likeness (QED) is 0.740. The lowest BCUT2D eigenvalue weighted by molar-refractivity contribution is 0.776. The van der Waals surface area contributed by atoms with Crippen molar-refractivity contribution in [1.29, 1.82) is 0 Å². The predicted molar refractivity (Wildman–Crippen MR) is 70.2 cm³/mol. The summed E-state index contributed by atoms with van der Waals surface area (Å²) in [6.07, 6.45) is 2.20. The molecule has 4 unspecified atom stereocenters. The Morgan fingerprint density at radius 1 is 1.36 bits per heavy atom. The highest BCUT2D eigenvalue weighted by Crippen LogP contribution is 2.36. The average Bonchev–Trinajstić information content (AvgIpc) is 2.08. The fourth-order valence-corrected chi connectivity index (χ4v) is 4.50. The summed E-state index contributed by atoms with van der Waals surface area (Å²) in [5.41, 5.74) is 7.47. The van der Waals surface area contributed by atoms with Gasteiger partial charge in [-0.1, -0.05) is 25.5 Å². The maximum Gasteiger partial charge on any atom is 0.0355 e. The van der Waals surface area contributed by atoms with Crippen LogP contribution in [0.4, 0.5) is 0 Å². The van der Waals surface area contributed by atoms with Gasteiger partial charge in [0.05, 0.1) is 0 Å². The maximum atomic E-state index is 6.15. The zero-order valence-electron chi connectivity index (χ0n) is 9.49. The van der Waals surface area contributed by atoms with Crippen molar-refractivity contribution in [2.24, 2.45) is 5.73 Å². The van der Waals surface area contributed by atoms with Gasteiger partial charge in [-0.25, -0.2) is 0 Å². The SMILES string of the molecule is CC(C)=CC(N)C1CSC(C)C(C)S1. The highest BCUT2D eigenvalue weighted by Gasteiger charge is 2.28. The summed E-state index contributed by atoms with van der Waals surface area (Å²) in [5.74, 6) is 1.20. The minimum Gasteiger partial charge on any atom is -0.323 e. The second kappa shape index (κ2) is 5.47. The monoisotopic (exact) mass is 231 g/mol. The Morgan fingerprint density at radius 3 is 2.50 bits per heavy atom. The fourth-order valence-electron chi connectivity index (χ4n) is 1.50. The molecule has 0 saturated carbocycles. The Bertz CT molecular complexity index is 211. The third-order valence-electron chi connectivity index (χ3n) is 2.53. The number of nitrogens with two attached hydrogens (primary N) is 1. The Morgan fingerprint density at radius 2 is 2.00 bits per heavy atom. The summed E-state index contributed by atoms with van der Waals surface area (Å²) in [6, 6.07) is 0.229. The fraction of sp³-hybridized carbons (Fsp3) is 0.818. The molecule has 0 amide bonds. The van der Waals surface area contributed by atoms with E-state index in [0.29, 0.717) is 5.25 Å². The molecule has 0 bridgehead atoms. The lowest BCUT2D eigenvalue weighted by Crippen LogP contribution is -2.38. The molecule has 0 aromatic carbocycles. The molecule has 1 nitrogen and oxygen atoms in total. The highest BCUT2D eigenvalue weighted by molar-refractivity contribution is 8.07. The van der Waals surface area contributed by atoms with E-state index < -0.39 is 0 Å². The topological polar surface area (TPSA) is 26.0 Å². The molecular formula is C11H21NS2. The van der Waals surface area contributed by atoms with Crippen LogP contribution in [0.5, 0.6) is 0 Å². The van der Waals surface area contributed by atoms with E-state index in [0.717, 1.165) is 10.5 Å². The normalized spacial score (nSPS) is 35.1. The first-order valence-electron chi connectivity index (χ1n) is 5.18. The first-order chi connectivity index (χ1) is 6.50. The van der Waals surface area contributed by atoms with Crippen molar-refractivity contribution in [3.63, 3.8) is 0 Å². The Labute approximate surface area is 96.3 Å². The van der Waals surface area contributed by atoms with Crippen LogP contribution in [-0.4, -0.2) is 27.5 Å². The van der Waals surface area contributed by atoms with E-state index in [4.69, 9.17) is 5.73 Å². The van der Waals surface area contributed by atoms with Crippen molar-refractivity contribution >= 4 is 23.5 Å². The molecule has 4 atom stereocenters. The Hall–Kier alpha value is 0.400. The van der Waals surface area contributed by atoms with Gasteiger partial charge in [0.2, 0.25) is 0 Å². The van der Waals surface area contributed by atoms with E-state index in [9.17, 15) is 0 Å². The zero-order valence-corrected chi connectivity index (χ0v) is 11.1. The molecule has 1 saturated heterocycles. The van der Waals surface area contributed by atoms with Crippen LogP contribution in [0.15, 0.2) is 11.6 Å². The van der Waals surface area contributed by atoms with Crippen LogP contribution in [-0.2, 0) is 0 Å². The van der Waals surface area contributed by atoms with Crippen molar-refractivity contribution < 1.29 is 0 Å². The number of hydrogen-bond acceptors (Lipinski definition) is 3. The van der Waals surface area contributed by atoms with Crippen molar-refractivity contribution in [2.75, 3.05) is 5.75 Å². The van der Waals surface area contributed by atoms with Crippen LogP contribution >= 0.6 is 23.5 Å². The van der Waals surface area contributed by atoms with E-state index >= 15 is 0 Å². The molecule has 1 aliphatic heterocycles. The molecule has 82 valence electrons. The van der Waals surface area contributed by atoms with Crippen molar-refractivity contribution in [1.82, 2.24) is 0 Å². The molecule has 0 aliphatic carbocycles. The highest BCUT2D eigenvalue weighted by atomic mass is 32.2. The van der Waals surface area contributed by atoms with Crippen LogP contribution in [0.2, 0.25) is 0 Å². The molecule has 0 aromatic rings. The second-order valence-electron chi connectivity index (χ2n) is 4.24. The van der Waals surface area contributed by atoms with E-state index in [1.54, 1.807) is 0 Å². The molecule has 0 radical (unpaired) electrons. The van der Waals surface area contributed by atoms with Gasteiger partial charge < -0.3 is 5.73 Å². The molecule has 14 heavy (non-hydrogen) atoms. The number of allylic oxidation sites excluding steroid dienone is 1. The van der Waals surface area contributed by atoms with Gasteiger partial charge in [0, 0.05) is 27.5 Å².